The standard InChI is InChI=1S/C10H7Cl2NO/c1-6-5-13-10(14-6)7-2-8(11)4-9(12)3-7/h2-5H,1H3. The van der Waals surface area contributed by atoms with Gasteiger partial charge in [-0.15, -0.1) is 0 Å². The molecule has 2 rings (SSSR count). The highest BCUT2D eigenvalue weighted by Gasteiger charge is 2.06. The number of rotatable bonds is 1. The zero-order valence-corrected chi connectivity index (χ0v) is 8.93. The van der Waals surface area contributed by atoms with Crippen molar-refractivity contribution in [2.24, 2.45) is 0 Å². The van der Waals surface area contributed by atoms with Gasteiger partial charge in [0.2, 0.25) is 5.89 Å². The molecule has 0 saturated heterocycles. The zero-order chi connectivity index (χ0) is 10.1. The summed E-state index contributed by atoms with van der Waals surface area (Å²) in [5, 5.41) is 1.15. The van der Waals surface area contributed by atoms with Gasteiger partial charge in [-0.05, 0) is 25.1 Å². The van der Waals surface area contributed by atoms with Gasteiger partial charge in [0.05, 0.1) is 6.20 Å². The Morgan fingerprint density at radius 3 is 2.29 bits per heavy atom. The second-order valence-electron chi connectivity index (χ2n) is 2.93. The van der Waals surface area contributed by atoms with Crippen LogP contribution in [0.3, 0.4) is 0 Å². The molecule has 0 spiro atoms. The highest BCUT2D eigenvalue weighted by molar-refractivity contribution is 6.35. The smallest absolute Gasteiger partial charge is 0.226 e. The van der Waals surface area contributed by atoms with Crippen LogP contribution in [0, 0.1) is 6.92 Å². The van der Waals surface area contributed by atoms with Crippen molar-refractivity contribution in [1.82, 2.24) is 4.98 Å². The Labute approximate surface area is 91.5 Å². The second kappa shape index (κ2) is 3.64. The molecule has 0 radical (unpaired) electrons. The van der Waals surface area contributed by atoms with Gasteiger partial charge in [0.1, 0.15) is 5.76 Å². The summed E-state index contributed by atoms with van der Waals surface area (Å²) in [6.07, 6.45) is 1.66. The summed E-state index contributed by atoms with van der Waals surface area (Å²) in [4.78, 5) is 4.08. The molecule has 0 bridgehead atoms. The first kappa shape index (κ1) is 9.56. The monoisotopic (exact) mass is 227 g/mol. The van der Waals surface area contributed by atoms with Gasteiger partial charge in [0.15, 0.2) is 0 Å². The summed E-state index contributed by atoms with van der Waals surface area (Å²) < 4.78 is 5.35. The van der Waals surface area contributed by atoms with Crippen molar-refractivity contribution in [3.63, 3.8) is 0 Å². The Balaban J connectivity index is 2.51. The van der Waals surface area contributed by atoms with E-state index < -0.39 is 0 Å². The lowest BCUT2D eigenvalue weighted by Crippen LogP contribution is -1.77. The van der Waals surface area contributed by atoms with Crippen molar-refractivity contribution in [2.75, 3.05) is 0 Å². The van der Waals surface area contributed by atoms with Gasteiger partial charge in [0, 0.05) is 15.6 Å². The average molecular weight is 228 g/mol. The highest BCUT2D eigenvalue weighted by atomic mass is 35.5. The predicted molar refractivity (Wildman–Crippen MR) is 56.7 cm³/mol. The van der Waals surface area contributed by atoms with Gasteiger partial charge < -0.3 is 4.42 Å². The maximum Gasteiger partial charge on any atom is 0.226 e. The van der Waals surface area contributed by atoms with Crippen LogP contribution < -0.4 is 0 Å². The van der Waals surface area contributed by atoms with Crippen LogP contribution in [0.4, 0.5) is 0 Å². The van der Waals surface area contributed by atoms with Crippen LogP contribution in [0.5, 0.6) is 0 Å². The molecule has 14 heavy (non-hydrogen) atoms. The van der Waals surface area contributed by atoms with E-state index >= 15 is 0 Å². The number of nitrogens with zero attached hydrogens (tertiary/aromatic N) is 1. The number of hydrogen-bond acceptors (Lipinski definition) is 2. The molecule has 0 N–H and O–H groups in total. The van der Waals surface area contributed by atoms with Crippen LogP contribution >= 0.6 is 23.2 Å². The molecule has 1 heterocycles. The lowest BCUT2D eigenvalue weighted by atomic mass is 10.2. The molecule has 0 aliphatic rings. The number of benzene rings is 1. The summed E-state index contributed by atoms with van der Waals surface area (Å²) in [5.74, 6) is 1.29. The predicted octanol–water partition coefficient (Wildman–Crippen LogP) is 3.96. The van der Waals surface area contributed by atoms with Crippen molar-refractivity contribution in [1.29, 1.82) is 0 Å². The fourth-order valence-corrected chi connectivity index (χ4v) is 1.69. The largest absolute Gasteiger partial charge is 0.441 e. The van der Waals surface area contributed by atoms with Crippen LogP contribution in [-0.2, 0) is 0 Å². The fourth-order valence-electron chi connectivity index (χ4n) is 1.17. The summed E-state index contributed by atoms with van der Waals surface area (Å²) in [5.41, 5.74) is 0.788. The van der Waals surface area contributed by atoms with Gasteiger partial charge in [-0.25, -0.2) is 4.98 Å². The van der Waals surface area contributed by atoms with Crippen molar-refractivity contribution in [3.8, 4) is 11.5 Å². The number of halogens is 2. The highest BCUT2D eigenvalue weighted by Crippen LogP contribution is 2.26. The third kappa shape index (κ3) is 1.91. The minimum atomic E-state index is 0.534. The maximum atomic E-state index is 5.85. The van der Waals surface area contributed by atoms with E-state index in [4.69, 9.17) is 27.6 Å². The molecule has 2 aromatic rings. The zero-order valence-electron chi connectivity index (χ0n) is 7.42. The molecule has 1 aromatic carbocycles. The Kier molecular flexibility index (Phi) is 2.48. The molecule has 0 amide bonds. The average Bonchev–Trinajstić information content (AvgIpc) is 2.50. The number of oxazole rings is 1. The molecule has 0 aliphatic carbocycles. The molecular formula is C10H7Cl2NO. The van der Waals surface area contributed by atoms with Gasteiger partial charge in [-0.2, -0.15) is 0 Å². The fraction of sp³-hybridized carbons (Fsp3) is 0.100. The molecule has 0 fully saturated rings. The van der Waals surface area contributed by atoms with E-state index in [-0.39, 0.29) is 0 Å². The lowest BCUT2D eigenvalue weighted by molar-refractivity contribution is 0.542. The molecule has 4 heteroatoms. The Hall–Kier alpha value is -0.990. The first-order valence-corrected chi connectivity index (χ1v) is 4.79. The van der Waals surface area contributed by atoms with Crippen molar-refractivity contribution >= 4 is 23.2 Å². The Bertz CT molecular complexity index is 445. The molecule has 72 valence electrons. The van der Waals surface area contributed by atoms with Gasteiger partial charge in [-0.1, -0.05) is 23.2 Å². The van der Waals surface area contributed by atoms with Crippen molar-refractivity contribution in [3.05, 3.63) is 40.2 Å². The number of aromatic nitrogens is 1. The molecule has 0 atom stereocenters. The van der Waals surface area contributed by atoms with Gasteiger partial charge in [0.25, 0.3) is 0 Å². The van der Waals surface area contributed by atoms with E-state index in [0.717, 1.165) is 11.3 Å². The van der Waals surface area contributed by atoms with E-state index in [1.54, 1.807) is 24.4 Å². The van der Waals surface area contributed by atoms with Gasteiger partial charge >= 0.3 is 0 Å². The molecule has 0 aliphatic heterocycles. The van der Waals surface area contributed by atoms with E-state index in [9.17, 15) is 0 Å². The Morgan fingerprint density at radius 2 is 1.79 bits per heavy atom. The number of hydrogen-bond donors (Lipinski definition) is 0. The third-order valence-corrected chi connectivity index (χ3v) is 2.17. The van der Waals surface area contributed by atoms with Crippen molar-refractivity contribution < 1.29 is 4.42 Å². The normalized spacial score (nSPS) is 10.5. The molecule has 1 aromatic heterocycles. The van der Waals surface area contributed by atoms with Crippen LogP contribution in [0.25, 0.3) is 11.5 Å². The molecule has 0 saturated carbocycles. The van der Waals surface area contributed by atoms with Crippen LogP contribution in [-0.4, -0.2) is 4.98 Å². The molecular weight excluding hydrogens is 221 g/mol. The van der Waals surface area contributed by atoms with E-state index in [1.165, 1.54) is 0 Å². The summed E-state index contributed by atoms with van der Waals surface area (Å²) in [6, 6.07) is 5.19. The summed E-state index contributed by atoms with van der Waals surface area (Å²) >= 11 is 11.7. The quantitative estimate of drug-likeness (QED) is 0.738. The number of aryl methyl sites for hydroxylation is 1. The minimum Gasteiger partial charge on any atom is -0.441 e. The SMILES string of the molecule is Cc1cnc(-c2cc(Cl)cc(Cl)c2)o1. The molecule has 0 unspecified atom stereocenters. The maximum absolute atomic E-state index is 5.85. The van der Waals surface area contributed by atoms with Crippen LogP contribution in [0.1, 0.15) is 5.76 Å². The lowest BCUT2D eigenvalue weighted by Gasteiger charge is -1.97. The second-order valence-corrected chi connectivity index (χ2v) is 3.81. The summed E-state index contributed by atoms with van der Waals surface area (Å²) in [6.45, 7) is 1.84. The third-order valence-electron chi connectivity index (χ3n) is 1.73. The van der Waals surface area contributed by atoms with Crippen LogP contribution in [0.15, 0.2) is 28.8 Å². The van der Waals surface area contributed by atoms with Crippen molar-refractivity contribution in [2.45, 2.75) is 6.92 Å². The van der Waals surface area contributed by atoms with E-state index in [0.29, 0.717) is 15.9 Å². The minimum absolute atomic E-state index is 0.534. The van der Waals surface area contributed by atoms with E-state index in [1.807, 2.05) is 6.92 Å². The first-order valence-electron chi connectivity index (χ1n) is 4.04. The summed E-state index contributed by atoms with van der Waals surface area (Å²) in [7, 11) is 0. The first-order chi connectivity index (χ1) is 6.65. The molecule has 2 nitrogen and oxygen atoms in total. The van der Waals surface area contributed by atoms with E-state index in [2.05, 4.69) is 4.98 Å². The van der Waals surface area contributed by atoms with Crippen LogP contribution in [0.2, 0.25) is 10.0 Å². The van der Waals surface area contributed by atoms with Gasteiger partial charge in [-0.3, -0.25) is 0 Å². The Morgan fingerprint density at radius 1 is 1.14 bits per heavy atom. The topological polar surface area (TPSA) is 26.0 Å².